The average Bonchev–Trinajstić information content (AvgIpc) is 2.92. The lowest BCUT2D eigenvalue weighted by Gasteiger charge is -2.30. The summed E-state index contributed by atoms with van der Waals surface area (Å²) < 4.78 is 1.84. The van der Waals surface area contributed by atoms with Gasteiger partial charge in [0.25, 0.3) is 5.91 Å². The number of amides is 1. The fourth-order valence-electron chi connectivity index (χ4n) is 3.16. The summed E-state index contributed by atoms with van der Waals surface area (Å²) in [6.07, 6.45) is 4.57. The Hall–Kier alpha value is -2.37. The summed E-state index contributed by atoms with van der Waals surface area (Å²) in [6, 6.07) is 5.69. The Balaban J connectivity index is 1.89. The third-order valence-corrected chi connectivity index (χ3v) is 4.42. The van der Waals surface area contributed by atoms with E-state index in [-0.39, 0.29) is 11.8 Å². The van der Waals surface area contributed by atoms with Crippen LogP contribution in [-0.4, -0.2) is 44.4 Å². The number of piperidine rings is 1. The highest BCUT2D eigenvalue weighted by molar-refractivity contribution is 5.95. The standard InChI is InChI=1S/C17H21N3O3/c1-2-5-13-15(20-9-4-3-6-14(20)18-13)16(21)19-10-7-12(8-11-19)17(22)23/h3-4,6,9,12H,2,5,7-8,10-11H2,1H3,(H,22,23). The van der Waals surface area contributed by atoms with Crippen LogP contribution in [0.2, 0.25) is 0 Å². The number of rotatable bonds is 4. The minimum absolute atomic E-state index is 0.0454. The van der Waals surface area contributed by atoms with E-state index in [4.69, 9.17) is 5.11 Å². The lowest BCUT2D eigenvalue weighted by molar-refractivity contribution is -0.143. The van der Waals surface area contributed by atoms with E-state index in [1.54, 1.807) is 4.90 Å². The van der Waals surface area contributed by atoms with E-state index in [2.05, 4.69) is 11.9 Å². The van der Waals surface area contributed by atoms with Crippen molar-refractivity contribution in [2.45, 2.75) is 32.6 Å². The maximum absolute atomic E-state index is 13.0. The molecule has 0 saturated carbocycles. The molecule has 23 heavy (non-hydrogen) atoms. The second kappa shape index (κ2) is 6.40. The van der Waals surface area contributed by atoms with Crippen LogP contribution in [0.25, 0.3) is 5.65 Å². The fraction of sp³-hybridized carbons (Fsp3) is 0.471. The molecule has 1 N–H and O–H groups in total. The molecule has 0 radical (unpaired) electrons. The molecule has 1 aliphatic heterocycles. The van der Waals surface area contributed by atoms with Gasteiger partial charge in [-0.15, -0.1) is 0 Å². The lowest BCUT2D eigenvalue weighted by atomic mass is 9.97. The molecule has 2 aromatic rings. The first-order valence-corrected chi connectivity index (χ1v) is 8.10. The second-order valence-corrected chi connectivity index (χ2v) is 5.99. The van der Waals surface area contributed by atoms with Crippen LogP contribution in [0.3, 0.4) is 0 Å². The lowest BCUT2D eigenvalue weighted by Crippen LogP contribution is -2.41. The molecule has 2 aromatic heterocycles. The van der Waals surface area contributed by atoms with Crippen molar-refractivity contribution in [3.05, 3.63) is 35.8 Å². The minimum atomic E-state index is -0.765. The van der Waals surface area contributed by atoms with E-state index >= 15 is 0 Å². The zero-order valence-corrected chi connectivity index (χ0v) is 13.2. The average molecular weight is 315 g/mol. The Morgan fingerprint density at radius 3 is 2.70 bits per heavy atom. The van der Waals surface area contributed by atoms with Crippen molar-refractivity contribution in [3.63, 3.8) is 0 Å². The van der Waals surface area contributed by atoms with Gasteiger partial charge in [0, 0.05) is 19.3 Å². The number of likely N-dealkylation sites (tertiary alicyclic amines) is 1. The summed E-state index contributed by atoms with van der Waals surface area (Å²) in [5.74, 6) is -1.15. The molecule has 0 atom stereocenters. The van der Waals surface area contributed by atoms with Crippen molar-refractivity contribution in [1.82, 2.24) is 14.3 Å². The third-order valence-electron chi connectivity index (χ3n) is 4.42. The molecule has 1 fully saturated rings. The maximum atomic E-state index is 13.0. The summed E-state index contributed by atoms with van der Waals surface area (Å²) in [5.41, 5.74) is 2.22. The number of aryl methyl sites for hydroxylation is 1. The molecule has 0 aromatic carbocycles. The highest BCUT2D eigenvalue weighted by Crippen LogP contribution is 2.22. The SMILES string of the molecule is CCCc1nc2ccccn2c1C(=O)N1CCC(C(=O)O)CC1. The predicted octanol–water partition coefficient (Wildman–Crippen LogP) is 2.22. The number of hydrogen-bond acceptors (Lipinski definition) is 3. The minimum Gasteiger partial charge on any atom is -0.481 e. The van der Waals surface area contributed by atoms with Crippen LogP contribution in [-0.2, 0) is 11.2 Å². The van der Waals surface area contributed by atoms with Crippen molar-refractivity contribution in [2.75, 3.05) is 13.1 Å². The highest BCUT2D eigenvalue weighted by Gasteiger charge is 2.30. The second-order valence-electron chi connectivity index (χ2n) is 5.99. The van der Waals surface area contributed by atoms with Crippen molar-refractivity contribution in [1.29, 1.82) is 0 Å². The third kappa shape index (κ3) is 2.93. The van der Waals surface area contributed by atoms with Gasteiger partial charge in [-0.05, 0) is 31.4 Å². The smallest absolute Gasteiger partial charge is 0.306 e. The molecule has 0 spiro atoms. The van der Waals surface area contributed by atoms with Gasteiger partial charge in [0.2, 0.25) is 0 Å². The molecule has 1 amide bonds. The van der Waals surface area contributed by atoms with Crippen LogP contribution in [0.5, 0.6) is 0 Å². The first kappa shape index (κ1) is 15.5. The summed E-state index contributed by atoms with van der Waals surface area (Å²) in [7, 11) is 0. The molecule has 6 nitrogen and oxygen atoms in total. The van der Waals surface area contributed by atoms with Gasteiger partial charge in [-0.2, -0.15) is 0 Å². The number of imidazole rings is 1. The highest BCUT2D eigenvalue weighted by atomic mass is 16.4. The van der Waals surface area contributed by atoms with Crippen LogP contribution in [0.15, 0.2) is 24.4 Å². The van der Waals surface area contributed by atoms with E-state index in [0.717, 1.165) is 24.2 Å². The molecule has 0 aliphatic carbocycles. The Morgan fingerprint density at radius 2 is 2.04 bits per heavy atom. The Kier molecular flexibility index (Phi) is 4.32. The number of aliphatic carboxylic acids is 1. The molecule has 0 unspecified atom stereocenters. The topological polar surface area (TPSA) is 74.9 Å². The van der Waals surface area contributed by atoms with E-state index in [1.807, 2.05) is 28.8 Å². The van der Waals surface area contributed by atoms with Gasteiger partial charge in [0.1, 0.15) is 11.3 Å². The monoisotopic (exact) mass is 315 g/mol. The number of carbonyl (C=O) groups is 2. The summed E-state index contributed by atoms with van der Waals surface area (Å²) in [6.45, 7) is 3.04. The maximum Gasteiger partial charge on any atom is 0.306 e. The van der Waals surface area contributed by atoms with Gasteiger partial charge in [-0.3, -0.25) is 14.0 Å². The molecule has 0 bridgehead atoms. The van der Waals surface area contributed by atoms with Crippen LogP contribution in [0.4, 0.5) is 0 Å². The molecular weight excluding hydrogens is 294 g/mol. The Labute approximate surface area is 134 Å². The number of carboxylic acid groups (broad SMARTS) is 1. The molecule has 3 heterocycles. The van der Waals surface area contributed by atoms with Crippen LogP contribution >= 0.6 is 0 Å². The van der Waals surface area contributed by atoms with Crippen molar-refractivity contribution in [3.8, 4) is 0 Å². The molecule has 122 valence electrons. The van der Waals surface area contributed by atoms with Gasteiger partial charge in [0.05, 0.1) is 11.6 Å². The Bertz CT molecular complexity index is 730. The van der Waals surface area contributed by atoms with E-state index in [9.17, 15) is 9.59 Å². The molecular formula is C17H21N3O3. The molecule has 1 aliphatic rings. The van der Waals surface area contributed by atoms with Crippen molar-refractivity contribution >= 4 is 17.5 Å². The molecule has 1 saturated heterocycles. The largest absolute Gasteiger partial charge is 0.481 e. The molecule has 3 rings (SSSR count). The quantitative estimate of drug-likeness (QED) is 0.939. The number of nitrogens with zero attached hydrogens (tertiary/aromatic N) is 3. The first-order valence-electron chi connectivity index (χ1n) is 8.10. The zero-order valence-electron chi connectivity index (χ0n) is 13.2. The van der Waals surface area contributed by atoms with Crippen LogP contribution < -0.4 is 0 Å². The van der Waals surface area contributed by atoms with E-state index in [0.29, 0.717) is 31.6 Å². The van der Waals surface area contributed by atoms with E-state index < -0.39 is 5.97 Å². The van der Waals surface area contributed by atoms with Crippen LogP contribution in [0, 0.1) is 5.92 Å². The number of carbonyl (C=O) groups excluding carboxylic acids is 1. The van der Waals surface area contributed by atoms with E-state index in [1.165, 1.54) is 0 Å². The number of hydrogen-bond donors (Lipinski definition) is 1. The normalized spacial score (nSPS) is 16.0. The Morgan fingerprint density at radius 1 is 1.30 bits per heavy atom. The predicted molar refractivity (Wildman–Crippen MR) is 85.5 cm³/mol. The van der Waals surface area contributed by atoms with Gasteiger partial charge >= 0.3 is 5.97 Å². The van der Waals surface area contributed by atoms with Gasteiger partial charge in [0.15, 0.2) is 0 Å². The zero-order chi connectivity index (χ0) is 16.4. The summed E-state index contributed by atoms with van der Waals surface area (Å²) >= 11 is 0. The summed E-state index contributed by atoms with van der Waals surface area (Å²) in [5, 5.41) is 9.08. The van der Waals surface area contributed by atoms with Crippen molar-refractivity contribution in [2.24, 2.45) is 5.92 Å². The van der Waals surface area contributed by atoms with Crippen LogP contribution in [0.1, 0.15) is 42.4 Å². The number of carboxylic acids is 1. The number of pyridine rings is 1. The number of fused-ring (bicyclic) bond motifs is 1. The number of aromatic nitrogens is 2. The van der Waals surface area contributed by atoms with Crippen molar-refractivity contribution < 1.29 is 14.7 Å². The first-order chi connectivity index (χ1) is 11.1. The van der Waals surface area contributed by atoms with Gasteiger partial charge in [-0.1, -0.05) is 19.4 Å². The van der Waals surface area contributed by atoms with Gasteiger partial charge < -0.3 is 10.0 Å². The van der Waals surface area contributed by atoms with Gasteiger partial charge in [-0.25, -0.2) is 4.98 Å². The summed E-state index contributed by atoms with van der Waals surface area (Å²) in [4.78, 5) is 30.4. The fourth-order valence-corrected chi connectivity index (χ4v) is 3.16. The molecule has 6 heteroatoms.